The topological polar surface area (TPSA) is 55.1 Å². The van der Waals surface area contributed by atoms with E-state index in [4.69, 9.17) is 5.73 Å². The van der Waals surface area contributed by atoms with E-state index in [1.54, 1.807) is 0 Å². The molecule has 0 saturated carbocycles. The SMILES string of the molecule is CCC(Nc1ccc2c(c1)Cc1ccccc1-2)C(N)=O. The largest absolute Gasteiger partial charge is 0.374 e. The third kappa shape index (κ3) is 2.16. The standard InChI is InChI=1S/C17H18N2O/c1-2-16(17(18)20)19-13-7-8-15-12(10-13)9-11-5-3-4-6-14(11)15/h3-8,10,16,19H,2,9H2,1H3,(H2,18,20). The normalized spacial score (nSPS) is 13.4. The molecule has 2 aromatic carbocycles. The first-order chi connectivity index (χ1) is 9.69. The van der Waals surface area contributed by atoms with Crippen molar-refractivity contribution in [1.29, 1.82) is 0 Å². The highest BCUT2D eigenvalue weighted by Gasteiger charge is 2.19. The van der Waals surface area contributed by atoms with Crippen LogP contribution in [0.2, 0.25) is 0 Å². The van der Waals surface area contributed by atoms with Crippen molar-refractivity contribution in [2.45, 2.75) is 25.8 Å². The molecule has 20 heavy (non-hydrogen) atoms. The zero-order chi connectivity index (χ0) is 14.1. The van der Waals surface area contributed by atoms with Crippen molar-refractivity contribution in [2.75, 3.05) is 5.32 Å². The molecule has 102 valence electrons. The molecule has 1 aliphatic carbocycles. The molecule has 1 atom stereocenters. The summed E-state index contributed by atoms with van der Waals surface area (Å²) < 4.78 is 0. The quantitative estimate of drug-likeness (QED) is 0.763. The van der Waals surface area contributed by atoms with E-state index in [9.17, 15) is 4.79 Å². The van der Waals surface area contributed by atoms with Crippen molar-refractivity contribution >= 4 is 11.6 Å². The van der Waals surface area contributed by atoms with Gasteiger partial charge < -0.3 is 11.1 Å². The predicted molar refractivity (Wildman–Crippen MR) is 81.6 cm³/mol. The number of carbonyl (C=O) groups excluding carboxylic acids is 1. The van der Waals surface area contributed by atoms with Gasteiger partial charge in [0, 0.05) is 5.69 Å². The van der Waals surface area contributed by atoms with Crippen molar-refractivity contribution in [1.82, 2.24) is 0 Å². The van der Waals surface area contributed by atoms with Crippen LogP contribution in [0.15, 0.2) is 42.5 Å². The van der Waals surface area contributed by atoms with Crippen LogP contribution in [0.4, 0.5) is 5.69 Å². The molecule has 1 amide bonds. The van der Waals surface area contributed by atoms with Crippen LogP contribution in [0.25, 0.3) is 11.1 Å². The van der Waals surface area contributed by atoms with Crippen LogP contribution in [0.5, 0.6) is 0 Å². The van der Waals surface area contributed by atoms with Gasteiger partial charge in [-0.25, -0.2) is 0 Å². The molecular formula is C17H18N2O. The Labute approximate surface area is 118 Å². The zero-order valence-corrected chi connectivity index (χ0v) is 11.5. The Balaban J connectivity index is 1.89. The van der Waals surface area contributed by atoms with Gasteiger partial charge in [-0.15, -0.1) is 0 Å². The first-order valence-corrected chi connectivity index (χ1v) is 6.96. The summed E-state index contributed by atoms with van der Waals surface area (Å²) in [7, 11) is 0. The van der Waals surface area contributed by atoms with Crippen LogP contribution in [-0.2, 0) is 11.2 Å². The number of benzene rings is 2. The molecule has 3 nitrogen and oxygen atoms in total. The van der Waals surface area contributed by atoms with E-state index < -0.39 is 0 Å². The molecular weight excluding hydrogens is 248 g/mol. The smallest absolute Gasteiger partial charge is 0.239 e. The number of fused-ring (bicyclic) bond motifs is 3. The molecule has 0 heterocycles. The first-order valence-electron chi connectivity index (χ1n) is 6.96. The van der Waals surface area contributed by atoms with Crippen molar-refractivity contribution in [3.63, 3.8) is 0 Å². The first kappa shape index (κ1) is 12.7. The van der Waals surface area contributed by atoms with Gasteiger partial charge in [-0.2, -0.15) is 0 Å². The fourth-order valence-electron chi connectivity index (χ4n) is 2.81. The van der Waals surface area contributed by atoms with Gasteiger partial charge >= 0.3 is 0 Å². The molecule has 3 N–H and O–H groups in total. The molecule has 0 aromatic heterocycles. The summed E-state index contributed by atoms with van der Waals surface area (Å²) in [6.45, 7) is 1.95. The Hall–Kier alpha value is -2.29. The maximum atomic E-state index is 11.3. The van der Waals surface area contributed by atoms with Crippen LogP contribution in [0, 0.1) is 0 Å². The summed E-state index contributed by atoms with van der Waals surface area (Å²) in [5, 5.41) is 3.21. The highest BCUT2D eigenvalue weighted by Crippen LogP contribution is 2.37. The van der Waals surface area contributed by atoms with Gasteiger partial charge in [-0.3, -0.25) is 4.79 Å². The van der Waals surface area contributed by atoms with Gasteiger partial charge in [0.2, 0.25) is 5.91 Å². The average Bonchev–Trinajstić information content (AvgIpc) is 2.82. The summed E-state index contributed by atoms with van der Waals surface area (Å²) in [5.74, 6) is -0.309. The van der Waals surface area contributed by atoms with Gasteiger partial charge in [0.1, 0.15) is 6.04 Å². The molecule has 0 spiro atoms. The third-order valence-corrected chi connectivity index (χ3v) is 3.89. The Morgan fingerprint density at radius 3 is 2.70 bits per heavy atom. The zero-order valence-electron chi connectivity index (χ0n) is 11.5. The van der Waals surface area contributed by atoms with E-state index in [1.165, 1.54) is 22.3 Å². The summed E-state index contributed by atoms with van der Waals surface area (Å²) in [6, 6.07) is 14.4. The maximum absolute atomic E-state index is 11.3. The molecule has 0 bridgehead atoms. The minimum Gasteiger partial charge on any atom is -0.374 e. The fourth-order valence-corrected chi connectivity index (χ4v) is 2.81. The summed E-state index contributed by atoms with van der Waals surface area (Å²) in [6.07, 6.45) is 1.64. The van der Waals surface area contributed by atoms with Crippen molar-refractivity contribution in [2.24, 2.45) is 5.73 Å². The lowest BCUT2D eigenvalue weighted by Gasteiger charge is -2.15. The minimum atomic E-state index is -0.309. The summed E-state index contributed by atoms with van der Waals surface area (Å²) in [5.41, 5.74) is 11.6. The molecule has 2 aromatic rings. The Kier molecular flexibility index (Phi) is 3.18. The third-order valence-electron chi connectivity index (χ3n) is 3.89. The number of primary amides is 1. The molecule has 0 aliphatic heterocycles. The van der Waals surface area contributed by atoms with Gasteiger partial charge in [0.25, 0.3) is 0 Å². The lowest BCUT2D eigenvalue weighted by molar-refractivity contribution is -0.118. The van der Waals surface area contributed by atoms with Crippen molar-refractivity contribution in [3.05, 3.63) is 53.6 Å². The lowest BCUT2D eigenvalue weighted by Crippen LogP contribution is -2.34. The number of rotatable bonds is 4. The number of carbonyl (C=O) groups is 1. The van der Waals surface area contributed by atoms with Crippen molar-refractivity contribution < 1.29 is 4.79 Å². The van der Waals surface area contributed by atoms with E-state index in [2.05, 4.69) is 41.7 Å². The number of nitrogens with one attached hydrogen (secondary N) is 1. The molecule has 3 rings (SSSR count). The van der Waals surface area contributed by atoms with Gasteiger partial charge in [0.15, 0.2) is 0 Å². The number of amides is 1. The van der Waals surface area contributed by atoms with Crippen LogP contribution in [0.3, 0.4) is 0 Å². The van der Waals surface area contributed by atoms with E-state index in [1.807, 2.05) is 13.0 Å². The second-order valence-electron chi connectivity index (χ2n) is 5.21. The van der Waals surface area contributed by atoms with E-state index >= 15 is 0 Å². The molecule has 1 unspecified atom stereocenters. The summed E-state index contributed by atoms with van der Waals surface area (Å²) >= 11 is 0. The van der Waals surface area contributed by atoms with Gasteiger partial charge in [-0.05, 0) is 47.2 Å². The van der Waals surface area contributed by atoms with Crippen LogP contribution in [0.1, 0.15) is 24.5 Å². The molecule has 0 radical (unpaired) electrons. The van der Waals surface area contributed by atoms with Gasteiger partial charge in [0.05, 0.1) is 0 Å². The van der Waals surface area contributed by atoms with Crippen LogP contribution < -0.4 is 11.1 Å². The number of hydrogen-bond acceptors (Lipinski definition) is 2. The van der Waals surface area contributed by atoms with Crippen LogP contribution in [-0.4, -0.2) is 11.9 Å². The molecule has 0 fully saturated rings. The second kappa shape index (κ2) is 5.00. The lowest BCUT2D eigenvalue weighted by atomic mass is 10.1. The number of hydrogen-bond donors (Lipinski definition) is 2. The number of anilines is 1. The van der Waals surface area contributed by atoms with Crippen LogP contribution >= 0.6 is 0 Å². The molecule has 1 aliphatic rings. The minimum absolute atomic E-state index is 0.308. The second-order valence-corrected chi connectivity index (χ2v) is 5.21. The van der Waals surface area contributed by atoms with E-state index in [-0.39, 0.29) is 11.9 Å². The van der Waals surface area contributed by atoms with Crippen molar-refractivity contribution in [3.8, 4) is 11.1 Å². The van der Waals surface area contributed by atoms with Gasteiger partial charge in [-0.1, -0.05) is 37.3 Å². The number of nitrogens with two attached hydrogens (primary N) is 1. The average molecular weight is 266 g/mol. The highest BCUT2D eigenvalue weighted by atomic mass is 16.1. The monoisotopic (exact) mass is 266 g/mol. The van der Waals surface area contributed by atoms with E-state index in [0.29, 0.717) is 6.42 Å². The molecule has 3 heteroatoms. The fraction of sp³-hybridized carbons (Fsp3) is 0.235. The summed E-state index contributed by atoms with van der Waals surface area (Å²) in [4.78, 5) is 11.3. The Morgan fingerprint density at radius 1 is 1.20 bits per heavy atom. The highest BCUT2D eigenvalue weighted by molar-refractivity contribution is 5.84. The molecule has 0 saturated heterocycles. The van der Waals surface area contributed by atoms with E-state index in [0.717, 1.165) is 12.1 Å². The Bertz CT molecular complexity index is 664. The maximum Gasteiger partial charge on any atom is 0.239 e. The Morgan fingerprint density at radius 2 is 1.95 bits per heavy atom. The predicted octanol–water partition coefficient (Wildman–Crippen LogP) is 2.93.